The van der Waals surface area contributed by atoms with Crippen LogP contribution >= 0.6 is 27.5 Å². The highest BCUT2D eigenvalue weighted by molar-refractivity contribution is 9.10. The van der Waals surface area contributed by atoms with Crippen molar-refractivity contribution in [3.05, 3.63) is 92.9 Å². The van der Waals surface area contributed by atoms with Crippen LogP contribution < -0.4 is 0 Å². The zero-order valence-electron chi connectivity index (χ0n) is 16.1. The van der Waals surface area contributed by atoms with Crippen molar-refractivity contribution in [2.75, 3.05) is 0 Å². The zero-order valence-corrected chi connectivity index (χ0v) is 18.4. The topological polar surface area (TPSA) is 0 Å². The van der Waals surface area contributed by atoms with Crippen molar-refractivity contribution in [2.45, 2.75) is 38.0 Å². The van der Waals surface area contributed by atoms with E-state index < -0.39 is 0 Å². The van der Waals surface area contributed by atoms with Crippen LogP contribution in [0.5, 0.6) is 0 Å². The van der Waals surface area contributed by atoms with Crippen LogP contribution in [0.1, 0.15) is 42.9 Å². The second-order valence-corrected chi connectivity index (χ2v) is 10.0. The van der Waals surface area contributed by atoms with Crippen LogP contribution in [0.15, 0.2) is 71.2 Å². The molecular formula is C26H22BrCl. The predicted octanol–water partition coefficient (Wildman–Crippen LogP) is 8.42. The Morgan fingerprint density at radius 1 is 0.893 bits per heavy atom. The number of hydrogen-bond donors (Lipinski definition) is 0. The molecule has 4 aromatic rings. The van der Waals surface area contributed by atoms with Gasteiger partial charge in [-0.25, -0.2) is 0 Å². The number of rotatable bonds is 1. The Kier molecular flexibility index (Phi) is 4.30. The van der Waals surface area contributed by atoms with E-state index in [-0.39, 0.29) is 5.41 Å². The van der Waals surface area contributed by atoms with E-state index in [1.807, 2.05) is 6.07 Å². The molecule has 0 N–H and O–H groups in total. The molecule has 0 radical (unpaired) electrons. The summed E-state index contributed by atoms with van der Waals surface area (Å²) in [4.78, 5) is 0. The molecule has 0 aliphatic heterocycles. The Bertz CT molecular complexity index is 1220. The molecule has 0 saturated heterocycles. The van der Waals surface area contributed by atoms with Crippen LogP contribution in [0, 0.1) is 0 Å². The molecule has 1 atom stereocenters. The summed E-state index contributed by atoms with van der Waals surface area (Å²) in [7, 11) is 0. The lowest BCUT2D eigenvalue weighted by atomic mass is 9.65. The molecule has 0 aromatic heterocycles. The molecule has 2 heteroatoms. The van der Waals surface area contributed by atoms with Crippen molar-refractivity contribution in [1.29, 1.82) is 0 Å². The second kappa shape index (κ2) is 6.61. The summed E-state index contributed by atoms with van der Waals surface area (Å²) < 4.78 is 1.16. The third-order valence-corrected chi connectivity index (χ3v) is 7.01. The lowest BCUT2D eigenvalue weighted by Crippen LogP contribution is -2.29. The van der Waals surface area contributed by atoms with E-state index in [0.717, 1.165) is 22.3 Å². The minimum absolute atomic E-state index is 0.125. The van der Waals surface area contributed by atoms with Crippen molar-refractivity contribution in [1.82, 2.24) is 0 Å². The van der Waals surface area contributed by atoms with Gasteiger partial charge in [-0.15, -0.1) is 0 Å². The van der Waals surface area contributed by atoms with E-state index in [1.165, 1.54) is 38.2 Å². The largest absolute Gasteiger partial charge is 0.0843 e. The molecule has 0 amide bonds. The Morgan fingerprint density at radius 2 is 1.68 bits per heavy atom. The quantitative estimate of drug-likeness (QED) is 0.256. The normalized spacial score (nSPS) is 18.4. The van der Waals surface area contributed by atoms with Gasteiger partial charge in [0.25, 0.3) is 0 Å². The first-order valence-electron chi connectivity index (χ1n) is 9.82. The molecular weight excluding hydrogens is 428 g/mol. The fourth-order valence-electron chi connectivity index (χ4n) is 5.18. The molecule has 1 aliphatic rings. The van der Waals surface area contributed by atoms with Gasteiger partial charge in [0.15, 0.2) is 0 Å². The number of fused-ring (bicyclic) bond motifs is 5. The SMILES string of the molecule is CC1(C)CC(c2cccc(Br)c2)Cc2ccc3c(ccc4cc(Cl)ccc43)c21. The average molecular weight is 450 g/mol. The minimum atomic E-state index is 0.125. The minimum Gasteiger partial charge on any atom is -0.0843 e. The Labute approximate surface area is 179 Å². The van der Waals surface area contributed by atoms with Crippen LogP contribution in [0.25, 0.3) is 21.5 Å². The fourth-order valence-corrected chi connectivity index (χ4v) is 5.78. The zero-order chi connectivity index (χ0) is 19.5. The molecule has 0 saturated carbocycles. The van der Waals surface area contributed by atoms with Crippen molar-refractivity contribution < 1.29 is 0 Å². The molecule has 0 fully saturated rings. The molecule has 4 aromatic carbocycles. The summed E-state index contributed by atoms with van der Waals surface area (Å²) in [5.74, 6) is 0.553. The smallest absolute Gasteiger partial charge is 0.0412 e. The standard InChI is InChI=1S/C26H22BrCl/c1-26(2)15-19(16-4-3-5-20(27)13-16)12-18-7-9-23-22-11-8-21(28)14-17(22)6-10-24(23)25(18)26/h3-11,13-14,19H,12,15H2,1-2H3. The summed E-state index contributed by atoms with van der Waals surface area (Å²) in [5, 5.41) is 6.02. The highest BCUT2D eigenvalue weighted by Crippen LogP contribution is 2.47. The van der Waals surface area contributed by atoms with Gasteiger partial charge in [0.1, 0.15) is 0 Å². The van der Waals surface area contributed by atoms with E-state index in [2.05, 4.69) is 90.4 Å². The maximum absolute atomic E-state index is 6.21. The van der Waals surface area contributed by atoms with Crippen molar-refractivity contribution in [2.24, 2.45) is 0 Å². The van der Waals surface area contributed by atoms with Crippen molar-refractivity contribution in [3.8, 4) is 0 Å². The lowest BCUT2D eigenvalue weighted by molar-refractivity contribution is 0.395. The highest BCUT2D eigenvalue weighted by Gasteiger charge is 2.35. The van der Waals surface area contributed by atoms with Crippen LogP contribution in [0.4, 0.5) is 0 Å². The first kappa shape index (κ1) is 18.2. The van der Waals surface area contributed by atoms with E-state index >= 15 is 0 Å². The summed E-state index contributed by atoms with van der Waals surface area (Å²) in [6, 6.07) is 24.2. The molecule has 140 valence electrons. The molecule has 1 unspecified atom stereocenters. The molecule has 5 rings (SSSR count). The van der Waals surface area contributed by atoms with Crippen LogP contribution in [-0.2, 0) is 11.8 Å². The van der Waals surface area contributed by atoms with Crippen LogP contribution in [0.2, 0.25) is 5.02 Å². The summed E-state index contributed by atoms with van der Waals surface area (Å²) in [5.41, 5.74) is 4.57. The average Bonchev–Trinajstić information content (AvgIpc) is 2.66. The van der Waals surface area contributed by atoms with Gasteiger partial charge in [-0.05, 0) is 86.7 Å². The van der Waals surface area contributed by atoms with Crippen molar-refractivity contribution in [3.63, 3.8) is 0 Å². The first-order valence-corrected chi connectivity index (χ1v) is 11.0. The molecule has 1 aliphatic carbocycles. The van der Waals surface area contributed by atoms with Crippen LogP contribution in [0.3, 0.4) is 0 Å². The van der Waals surface area contributed by atoms with Crippen molar-refractivity contribution >= 4 is 49.1 Å². The number of benzene rings is 4. The molecule has 0 heterocycles. The van der Waals surface area contributed by atoms with Crippen LogP contribution in [-0.4, -0.2) is 0 Å². The van der Waals surface area contributed by atoms with E-state index in [1.54, 1.807) is 0 Å². The summed E-state index contributed by atoms with van der Waals surface area (Å²) >= 11 is 9.85. The molecule has 0 bridgehead atoms. The molecule has 0 nitrogen and oxygen atoms in total. The Morgan fingerprint density at radius 3 is 2.50 bits per heavy atom. The van der Waals surface area contributed by atoms with Gasteiger partial charge in [-0.1, -0.05) is 83.8 Å². The van der Waals surface area contributed by atoms with E-state index in [9.17, 15) is 0 Å². The van der Waals surface area contributed by atoms with Gasteiger partial charge in [0, 0.05) is 9.50 Å². The third-order valence-electron chi connectivity index (χ3n) is 6.29. The monoisotopic (exact) mass is 448 g/mol. The highest BCUT2D eigenvalue weighted by atomic mass is 79.9. The first-order chi connectivity index (χ1) is 13.4. The summed E-state index contributed by atoms with van der Waals surface area (Å²) in [6.45, 7) is 4.81. The third kappa shape index (κ3) is 2.96. The molecule has 28 heavy (non-hydrogen) atoms. The maximum atomic E-state index is 6.21. The Balaban J connectivity index is 1.70. The van der Waals surface area contributed by atoms with Gasteiger partial charge in [-0.2, -0.15) is 0 Å². The summed E-state index contributed by atoms with van der Waals surface area (Å²) in [6.07, 6.45) is 2.26. The number of hydrogen-bond acceptors (Lipinski definition) is 0. The maximum Gasteiger partial charge on any atom is 0.0412 e. The number of halogens is 2. The predicted molar refractivity (Wildman–Crippen MR) is 125 cm³/mol. The second-order valence-electron chi connectivity index (χ2n) is 8.67. The van der Waals surface area contributed by atoms with Gasteiger partial charge in [-0.3, -0.25) is 0 Å². The van der Waals surface area contributed by atoms with Gasteiger partial charge in [0.2, 0.25) is 0 Å². The Hall–Kier alpha value is -1.83. The van der Waals surface area contributed by atoms with Gasteiger partial charge < -0.3 is 0 Å². The fraction of sp³-hybridized carbons (Fsp3) is 0.231. The molecule has 0 spiro atoms. The van der Waals surface area contributed by atoms with E-state index in [4.69, 9.17) is 11.6 Å². The van der Waals surface area contributed by atoms with E-state index in [0.29, 0.717) is 5.92 Å². The van der Waals surface area contributed by atoms with Gasteiger partial charge >= 0.3 is 0 Å². The lowest BCUT2D eigenvalue weighted by Gasteiger charge is -2.39. The van der Waals surface area contributed by atoms with Gasteiger partial charge in [0.05, 0.1) is 0 Å².